The van der Waals surface area contributed by atoms with E-state index >= 15 is 0 Å². The molecule has 0 unspecified atom stereocenters. The second-order valence-corrected chi connectivity index (χ2v) is 7.49. The Balaban J connectivity index is 2.24. The summed E-state index contributed by atoms with van der Waals surface area (Å²) in [4.78, 5) is 17.7. The number of likely N-dealkylation sites (N-methyl/N-ethyl adjacent to an activating group) is 1. The zero-order chi connectivity index (χ0) is 19.7. The Bertz CT molecular complexity index is 1050. The number of benzene rings is 2. The molecule has 138 valence electrons. The van der Waals surface area contributed by atoms with Crippen LogP contribution in [0.5, 0.6) is 0 Å². The normalized spacial score (nSPS) is 10.8. The molecule has 1 aromatic heterocycles. The number of carboxylic acids is 1. The molecule has 1 N–H and O–H groups in total. The van der Waals surface area contributed by atoms with E-state index in [2.05, 4.69) is 0 Å². The van der Waals surface area contributed by atoms with Crippen LogP contribution < -0.4 is 0 Å². The predicted octanol–water partition coefficient (Wildman–Crippen LogP) is 5.21. The Kier molecular flexibility index (Phi) is 5.65. The van der Waals surface area contributed by atoms with Crippen LogP contribution in [0.1, 0.15) is 11.1 Å². The lowest BCUT2D eigenvalue weighted by atomic mass is 10.0. The van der Waals surface area contributed by atoms with Gasteiger partial charge in [0, 0.05) is 28.6 Å². The molecule has 1 heterocycles. The number of carbonyl (C=O) groups is 1. The van der Waals surface area contributed by atoms with Crippen LogP contribution in [0.3, 0.4) is 0 Å². The van der Waals surface area contributed by atoms with Gasteiger partial charge in [0.1, 0.15) is 11.5 Å². The number of carboxylic acid groups (broad SMARTS) is 1. The van der Waals surface area contributed by atoms with Crippen LogP contribution in [0, 0.1) is 6.92 Å². The van der Waals surface area contributed by atoms with Gasteiger partial charge < -0.3 is 10.0 Å². The second-order valence-electron chi connectivity index (χ2n) is 6.26. The Morgan fingerprint density at radius 3 is 2.48 bits per heavy atom. The third kappa shape index (κ3) is 4.21. The number of pyridine rings is 1. The maximum Gasteiger partial charge on any atom is 0.323 e. The Morgan fingerprint density at radius 1 is 1.19 bits per heavy atom. The van der Waals surface area contributed by atoms with E-state index in [0.717, 1.165) is 11.1 Å². The van der Waals surface area contributed by atoms with E-state index in [-0.39, 0.29) is 6.54 Å². The highest BCUT2D eigenvalue weighted by molar-refractivity contribution is 7.80. The minimum atomic E-state index is -0.965. The highest BCUT2D eigenvalue weighted by Crippen LogP contribution is 2.32. The summed E-state index contributed by atoms with van der Waals surface area (Å²) in [6.07, 6.45) is 0. The molecule has 0 atom stereocenters. The van der Waals surface area contributed by atoms with Gasteiger partial charge in [0.2, 0.25) is 0 Å². The number of fused-ring (bicyclic) bond motifs is 1. The average Bonchev–Trinajstić information content (AvgIpc) is 2.60. The summed E-state index contributed by atoms with van der Waals surface area (Å²) in [7, 11) is 1.64. The summed E-state index contributed by atoms with van der Waals surface area (Å²) >= 11 is 18.1. The molecule has 0 saturated carbocycles. The van der Waals surface area contributed by atoms with Crippen molar-refractivity contribution < 1.29 is 9.90 Å². The minimum Gasteiger partial charge on any atom is -0.480 e. The van der Waals surface area contributed by atoms with Crippen molar-refractivity contribution in [2.45, 2.75) is 6.92 Å². The van der Waals surface area contributed by atoms with Gasteiger partial charge in [-0.1, -0.05) is 65.2 Å². The highest BCUT2D eigenvalue weighted by atomic mass is 35.5. The molecular weight excluding hydrogens is 403 g/mol. The molecule has 27 heavy (non-hydrogen) atoms. The van der Waals surface area contributed by atoms with E-state index in [1.54, 1.807) is 19.2 Å². The second kappa shape index (κ2) is 7.80. The summed E-state index contributed by atoms with van der Waals surface area (Å²) in [6.45, 7) is 1.80. The maximum atomic E-state index is 11.1. The fourth-order valence-corrected chi connectivity index (χ4v) is 3.55. The molecule has 2 aromatic carbocycles. The first kappa shape index (κ1) is 19.5. The summed E-state index contributed by atoms with van der Waals surface area (Å²) in [5.41, 5.74) is 3.99. The number of thiocarbonyl (C=S) groups is 1. The van der Waals surface area contributed by atoms with Crippen molar-refractivity contribution in [3.63, 3.8) is 0 Å². The molecule has 0 fully saturated rings. The van der Waals surface area contributed by atoms with Crippen molar-refractivity contribution >= 4 is 57.3 Å². The number of halogens is 2. The summed E-state index contributed by atoms with van der Waals surface area (Å²) in [6, 6.07) is 13.2. The first-order valence-electron chi connectivity index (χ1n) is 8.10. The zero-order valence-electron chi connectivity index (χ0n) is 14.7. The molecule has 0 aliphatic carbocycles. The highest BCUT2D eigenvalue weighted by Gasteiger charge is 2.18. The van der Waals surface area contributed by atoms with Crippen LogP contribution in [0.4, 0.5) is 0 Å². The first-order valence-corrected chi connectivity index (χ1v) is 9.27. The number of aryl methyl sites for hydroxylation is 1. The van der Waals surface area contributed by atoms with Crippen molar-refractivity contribution in [3.8, 4) is 11.3 Å². The van der Waals surface area contributed by atoms with Crippen LogP contribution >= 0.6 is 35.4 Å². The third-order valence-electron chi connectivity index (χ3n) is 4.13. The molecule has 0 bridgehead atoms. The fraction of sp³-hybridized carbons (Fsp3) is 0.150. The van der Waals surface area contributed by atoms with E-state index in [1.165, 1.54) is 4.90 Å². The van der Waals surface area contributed by atoms with Gasteiger partial charge in [-0.2, -0.15) is 0 Å². The molecule has 0 spiro atoms. The summed E-state index contributed by atoms with van der Waals surface area (Å²) in [5.74, 6) is -0.965. The van der Waals surface area contributed by atoms with Crippen molar-refractivity contribution in [1.29, 1.82) is 0 Å². The molecule has 3 rings (SSSR count). The van der Waals surface area contributed by atoms with Gasteiger partial charge in [-0.05, 0) is 25.1 Å². The van der Waals surface area contributed by atoms with E-state index in [1.807, 2.05) is 37.3 Å². The molecule has 0 saturated heterocycles. The number of hydrogen-bond acceptors (Lipinski definition) is 3. The SMILES string of the molecule is Cc1ccc(-c2cc(C(=S)N(C)CC(=O)O)c3cc(Cl)cc(Cl)c3n2)cc1. The van der Waals surface area contributed by atoms with Crippen molar-refractivity contribution in [3.05, 3.63) is 63.6 Å². The molecule has 0 radical (unpaired) electrons. The van der Waals surface area contributed by atoms with E-state index < -0.39 is 5.97 Å². The van der Waals surface area contributed by atoms with Gasteiger partial charge >= 0.3 is 5.97 Å². The lowest BCUT2D eigenvalue weighted by Crippen LogP contribution is -2.31. The van der Waals surface area contributed by atoms with Crippen LogP contribution in [0.25, 0.3) is 22.2 Å². The summed E-state index contributed by atoms with van der Waals surface area (Å²) in [5, 5.41) is 10.6. The number of rotatable bonds is 4. The topological polar surface area (TPSA) is 53.4 Å². The van der Waals surface area contributed by atoms with Gasteiger partial charge in [0.15, 0.2) is 0 Å². The molecule has 4 nitrogen and oxygen atoms in total. The van der Waals surface area contributed by atoms with Gasteiger partial charge in [-0.3, -0.25) is 4.79 Å². The van der Waals surface area contributed by atoms with E-state index in [0.29, 0.717) is 37.2 Å². The van der Waals surface area contributed by atoms with Gasteiger partial charge in [0.05, 0.1) is 16.2 Å². The lowest BCUT2D eigenvalue weighted by Gasteiger charge is -2.20. The quantitative estimate of drug-likeness (QED) is 0.589. The molecule has 0 aliphatic rings. The Morgan fingerprint density at radius 2 is 1.85 bits per heavy atom. The number of aliphatic carboxylic acids is 1. The monoisotopic (exact) mass is 418 g/mol. The largest absolute Gasteiger partial charge is 0.480 e. The van der Waals surface area contributed by atoms with Crippen molar-refractivity contribution in [1.82, 2.24) is 9.88 Å². The number of nitrogens with zero attached hydrogens (tertiary/aromatic N) is 2. The van der Waals surface area contributed by atoms with Gasteiger partial charge in [-0.25, -0.2) is 4.98 Å². The molecule has 0 aliphatic heterocycles. The Labute approximate surface area is 172 Å². The van der Waals surface area contributed by atoms with Crippen LogP contribution in [-0.4, -0.2) is 39.5 Å². The maximum absolute atomic E-state index is 11.1. The Hall–Kier alpha value is -2.21. The zero-order valence-corrected chi connectivity index (χ0v) is 17.0. The smallest absolute Gasteiger partial charge is 0.323 e. The van der Waals surface area contributed by atoms with Crippen LogP contribution in [0.15, 0.2) is 42.5 Å². The molecular formula is C20H16Cl2N2O2S. The van der Waals surface area contributed by atoms with Crippen molar-refractivity contribution in [2.75, 3.05) is 13.6 Å². The minimum absolute atomic E-state index is 0.211. The molecule has 7 heteroatoms. The lowest BCUT2D eigenvalue weighted by molar-refractivity contribution is -0.137. The van der Waals surface area contributed by atoms with Crippen LogP contribution in [-0.2, 0) is 4.79 Å². The standard InChI is InChI=1S/C20H16Cl2N2O2S/c1-11-3-5-12(6-4-11)17-9-15(20(27)24(2)10-18(25)26)14-7-13(21)8-16(22)19(14)23-17/h3-9H,10H2,1-2H3,(H,25,26). The number of aromatic nitrogens is 1. The molecule has 0 amide bonds. The van der Waals surface area contributed by atoms with E-state index in [4.69, 9.17) is 45.5 Å². The fourth-order valence-electron chi connectivity index (χ4n) is 2.78. The summed E-state index contributed by atoms with van der Waals surface area (Å²) < 4.78 is 0. The van der Waals surface area contributed by atoms with Crippen molar-refractivity contribution in [2.24, 2.45) is 0 Å². The average molecular weight is 419 g/mol. The van der Waals surface area contributed by atoms with Gasteiger partial charge in [0.25, 0.3) is 0 Å². The number of hydrogen-bond donors (Lipinski definition) is 1. The molecule has 3 aromatic rings. The van der Waals surface area contributed by atoms with E-state index in [9.17, 15) is 4.79 Å². The first-order chi connectivity index (χ1) is 12.8. The predicted molar refractivity (Wildman–Crippen MR) is 114 cm³/mol. The van der Waals surface area contributed by atoms with Gasteiger partial charge in [-0.15, -0.1) is 0 Å². The third-order valence-corrected chi connectivity index (χ3v) is 5.17. The van der Waals surface area contributed by atoms with Crippen LogP contribution in [0.2, 0.25) is 10.0 Å².